The van der Waals surface area contributed by atoms with E-state index in [2.05, 4.69) is 15.4 Å². The van der Waals surface area contributed by atoms with Crippen molar-refractivity contribution >= 4 is 33.1 Å². The van der Waals surface area contributed by atoms with Crippen LogP contribution in [0.3, 0.4) is 0 Å². The monoisotopic (exact) mass is 476 g/mol. The van der Waals surface area contributed by atoms with Crippen molar-refractivity contribution in [1.29, 1.82) is 0 Å². The molecule has 9 heteroatoms. The van der Waals surface area contributed by atoms with Crippen LogP contribution < -0.4 is 20.3 Å². The summed E-state index contributed by atoms with van der Waals surface area (Å²) in [6, 6.07) is 12.8. The van der Waals surface area contributed by atoms with Crippen LogP contribution in [0.2, 0.25) is 0 Å². The van der Waals surface area contributed by atoms with Crippen LogP contribution in [0.25, 0.3) is 22.0 Å². The maximum atomic E-state index is 12.9. The molecule has 1 aliphatic rings. The predicted molar refractivity (Wildman–Crippen MR) is 132 cm³/mol. The number of nitrogens with one attached hydrogen (secondary N) is 1. The molecule has 0 saturated heterocycles. The Kier molecular flexibility index (Phi) is 6.02. The van der Waals surface area contributed by atoms with Crippen molar-refractivity contribution in [2.75, 3.05) is 18.5 Å². The van der Waals surface area contributed by atoms with Gasteiger partial charge in [-0.1, -0.05) is 18.2 Å². The molecule has 0 bridgehead atoms. The lowest BCUT2D eigenvalue weighted by Gasteiger charge is -2.13. The summed E-state index contributed by atoms with van der Waals surface area (Å²) in [6.07, 6.45) is 0.877. The summed E-state index contributed by atoms with van der Waals surface area (Å²) < 4.78 is 12.9. The lowest BCUT2D eigenvalue weighted by Crippen LogP contribution is -2.27. The van der Waals surface area contributed by atoms with Crippen LogP contribution in [0.5, 0.6) is 11.5 Å². The summed E-state index contributed by atoms with van der Waals surface area (Å²) >= 11 is 1.35. The minimum atomic E-state index is -0.244. The number of fused-ring (bicyclic) bond motifs is 2. The summed E-state index contributed by atoms with van der Waals surface area (Å²) in [7, 11) is 0. The van der Waals surface area contributed by atoms with Gasteiger partial charge in [0.1, 0.15) is 0 Å². The van der Waals surface area contributed by atoms with Gasteiger partial charge in [-0.25, -0.2) is 9.67 Å². The topological polar surface area (TPSA) is 95.3 Å². The van der Waals surface area contributed by atoms with Crippen LogP contribution in [0, 0.1) is 0 Å². The molecule has 4 aromatic rings. The number of aromatic nitrogens is 3. The van der Waals surface area contributed by atoms with Crippen molar-refractivity contribution in [1.82, 2.24) is 14.8 Å². The Morgan fingerprint density at radius 1 is 1.12 bits per heavy atom. The third-order valence-corrected chi connectivity index (χ3v) is 6.27. The van der Waals surface area contributed by atoms with E-state index in [4.69, 9.17) is 9.47 Å². The molecule has 34 heavy (non-hydrogen) atoms. The molecule has 0 atom stereocenters. The van der Waals surface area contributed by atoms with Crippen molar-refractivity contribution < 1.29 is 14.3 Å². The summed E-state index contributed by atoms with van der Waals surface area (Å²) in [5.74, 6) is 1.19. The summed E-state index contributed by atoms with van der Waals surface area (Å²) in [4.78, 5) is 30.2. The molecule has 1 N–H and O–H groups in total. The Bertz CT molecular complexity index is 1430. The molecule has 0 fully saturated rings. The summed E-state index contributed by atoms with van der Waals surface area (Å²) in [5.41, 5.74) is 2.03. The maximum absolute atomic E-state index is 12.9. The molecule has 8 nitrogen and oxygen atoms in total. The molecule has 2 aromatic heterocycles. The van der Waals surface area contributed by atoms with Gasteiger partial charge in [-0.15, -0.1) is 11.3 Å². The minimum Gasteiger partial charge on any atom is -0.490 e. The van der Waals surface area contributed by atoms with Gasteiger partial charge in [-0.2, -0.15) is 5.10 Å². The number of rotatable bonds is 5. The molecular weight excluding hydrogens is 452 g/mol. The Morgan fingerprint density at radius 2 is 1.88 bits per heavy atom. The standard InChI is InChI=1S/C25H24N4O4S/c1-15(2)29-24(31)18-7-4-3-6-17(18)19(28-29)13-23(30)27-25-26-20(14-34-25)16-8-9-21-22(12-16)33-11-5-10-32-21/h3-4,6-9,12,14-15H,5,10-11,13H2,1-2H3,(H,26,27,30). The van der Waals surface area contributed by atoms with Crippen molar-refractivity contribution in [3.8, 4) is 22.8 Å². The highest BCUT2D eigenvalue weighted by atomic mass is 32.1. The highest BCUT2D eigenvalue weighted by Crippen LogP contribution is 2.35. The number of hydrogen-bond acceptors (Lipinski definition) is 7. The van der Waals surface area contributed by atoms with E-state index in [9.17, 15) is 9.59 Å². The van der Waals surface area contributed by atoms with E-state index in [1.165, 1.54) is 16.0 Å². The van der Waals surface area contributed by atoms with E-state index < -0.39 is 0 Å². The van der Waals surface area contributed by atoms with E-state index in [0.29, 0.717) is 40.6 Å². The molecule has 0 unspecified atom stereocenters. The van der Waals surface area contributed by atoms with E-state index in [0.717, 1.165) is 23.4 Å². The largest absolute Gasteiger partial charge is 0.490 e. The van der Waals surface area contributed by atoms with E-state index >= 15 is 0 Å². The second-order valence-corrected chi connectivity index (χ2v) is 9.17. The Balaban J connectivity index is 1.36. The van der Waals surface area contributed by atoms with Gasteiger partial charge in [0.25, 0.3) is 5.56 Å². The summed E-state index contributed by atoms with van der Waals surface area (Å²) in [6.45, 7) is 5.03. The van der Waals surface area contributed by atoms with E-state index in [1.54, 1.807) is 6.07 Å². The molecule has 0 saturated carbocycles. The van der Waals surface area contributed by atoms with Crippen molar-refractivity contribution in [3.63, 3.8) is 0 Å². The number of anilines is 1. The summed E-state index contributed by atoms with van der Waals surface area (Å²) in [5, 5.41) is 11.0. The molecule has 5 rings (SSSR count). The van der Waals surface area contributed by atoms with Crippen LogP contribution in [-0.2, 0) is 11.2 Å². The Labute approximate surface area is 200 Å². The van der Waals surface area contributed by atoms with Gasteiger partial charge >= 0.3 is 0 Å². The normalized spacial score (nSPS) is 13.1. The van der Waals surface area contributed by atoms with E-state index in [1.807, 2.05) is 55.6 Å². The number of ether oxygens (including phenoxy) is 2. The lowest BCUT2D eigenvalue weighted by atomic mass is 10.1. The lowest BCUT2D eigenvalue weighted by molar-refractivity contribution is -0.115. The molecule has 1 aliphatic heterocycles. The van der Waals surface area contributed by atoms with Crippen molar-refractivity contribution in [2.24, 2.45) is 0 Å². The Hall–Kier alpha value is -3.72. The molecule has 0 spiro atoms. The third-order valence-electron chi connectivity index (χ3n) is 5.52. The molecule has 2 aromatic carbocycles. The molecule has 0 aliphatic carbocycles. The number of carbonyl (C=O) groups excluding carboxylic acids is 1. The first kappa shape index (κ1) is 22.1. The van der Waals surface area contributed by atoms with Crippen LogP contribution in [-0.4, -0.2) is 33.9 Å². The zero-order valence-corrected chi connectivity index (χ0v) is 19.7. The number of amides is 1. The fourth-order valence-electron chi connectivity index (χ4n) is 3.86. The van der Waals surface area contributed by atoms with Gasteiger partial charge in [-0.05, 0) is 38.1 Å². The molecule has 174 valence electrons. The van der Waals surface area contributed by atoms with Gasteiger partial charge in [0.05, 0.1) is 42.5 Å². The van der Waals surface area contributed by atoms with Gasteiger partial charge < -0.3 is 14.8 Å². The second kappa shape index (κ2) is 9.26. The van der Waals surface area contributed by atoms with Crippen LogP contribution >= 0.6 is 11.3 Å². The number of benzene rings is 2. The van der Waals surface area contributed by atoms with Gasteiger partial charge in [-0.3, -0.25) is 9.59 Å². The van der Waals surface area contributed by atoms with Crippen molar-refractivity contribution in [3.05, 3.63) is 63.9 Å². The first-order chi connectivity index (χ1) is 16.5. The quantitative estimate of drug-likeness (QED) is 0.457. The average molecular weight is 477 g/mol. The first-order valence-electron chi connectivity index (χ1n) is 11.2. The molecular formula is C25H24N4O4S. The number of hydrogen-bond donors (Lipinski definition) is 1. The Morgan fingerprint density at radius 3 is 2.68 bits per heavy atom. The number of nitrogens with zero attached hydrogens (tertiary/aromatic N) is 3. The van der Waals surface area contributed by atoms with Crippen LogP contribution in [0.4, 0.5) is 5.13 Å². The highest BCUT2D eigenvalue weighted by Gasteiger charge is 2.17. The third kappa shape index (κ3) is 4.38. The number of carbonyl (C=O) groups is 1. The van der Waals surface area contributed by atoms with E-state index in [-0.39, 0.29) is 23.9 Å². The second-order valence-electron chi connectivity index (χ2n) is 8.31. The maximum Gasteiger partial charge on any atom is 0.274 e. The smallest absolute Gasteiger partial charge is 0.274 e. The molecule has 1 amide bonds. The van der Waals surface area contributed by atoms with Crippen LogP contribution in [0.1, 0.15) is 32.0 Å². The molecule has 0 radical (unpaired) electrons. The van der Waals surface area contributed by atoms with Crippen LogP contribution in [0.15, 0.2) is 52.6 Å². The number of thiazole rings is 1. The predicted octanol–water partition coefficient (Wildman–Crippen LogP) is 4.44. The zero-order valence-electron chi connectivity index (χ0n) is 18.9. The van der Waals surface area contributed by atoms with Crippen molar-refractivity contribution in [2.45, 2.75) is 32.7 Å². The van der Waals surface area contributed by atoms with Gasteiger partial charge in [0.2, 0.25) is 5.91 Å². The fraction of sp³-hybridized carbons (Fsp3) is 0.280. The highest BCUT2D eigenvalue weighted by molar-refractivity contribution is 7.14. The minimum absolute atomic E-state index is 0.0342. The average Bonchev–Trinajstić information content (AvgIpc) is 3.16. The molecule has 3 heterocycles. The first-order valence-corrected chi connectivity index (χ1v) is 12.0. The fourth-order valence-corrected chi connectivity index (χ4v) is 4.59. The van der Waals surface area contributed by atoms with Gasteiger partial charge in [0, 0.05) is 22.8 Å². The van der Waals surface area contributed by atoms with Gasteiger partial charge in [0.15, 0.2) is 16.6 Å². The SMILES string of the molecule is CC(C)n1nc(CC(=O)Nc2nc(-c3ccc4c(c3)OCCCO4)cs2)c2ccccc2c1=O. The zero-order chi connectivity index (χ0) is 23.7.